The third-order valence-electron chi connectivity index (χ3n) is 5.60. The van der Waals surface area contributed by atoms with Crippen LogP contribution in [0.3, 0.4) is 0 Å². The summed E-state index contributed by atoms with van der Waals surface area (Å²) in [6.45, 7) is 2.00. The number of hydrogen-bond acceptors (Lipinski definition) is 5. The lowest BCUT2D eigenvalue weighted by molar-refractivity contribution is -0.139. The maximum Gasteiger partial charge on any atom is 0.240 e. The molecule has 172 valence electrons. The van der Waals surface area contributed by atoms with Crippen molar-refractivity contribution in [1.82, 2.24) is 4.90 Å². The van der Waals surface area contributed by atoms with Crippen molar-refractivity contribution in [1.29, 1.82) is 5.26 Å². The van der Waals surface area contributed by atoms with Crippen LogP contribution in [0.15, 0.2) is 77.9 Å². The zero-order chi connectivity index (χ0) is 24.5. The summed E-state index contributed by atoms with van der Waals surface area (Å²) < 4.78 is 0. The number of hydrogen-bond donors (Lipinski definition) is 2. The van der Waals surface area contributed by atoms with Crippen molar-refractivity contribution >= 4 is 18.0 Å². The Bertz CT molecular complexity index is 1230. The van der Waals surface area contributed by atoms with Gasteiger partial charge < -0.3 is 16.5 Å². The molecular formula is C27H27N5O2. The molecule has 0 heterocycles. The van der Waals surface area contributed by atoms with Gasteiger partial charge in [-0.1, -0.05) is 73.7 Å². The van der Waals surface area contributed by atoms with Gasteiger partial charge in [-0.2, -0.15) is 10.4 Å². The first kappa shape index (κ1) is 24.2. The van der Waals surface area contributed by atoms with Crippen LogP contribution >= 0.6 is 0 Å². The van der Waals surface area contributed by atoms with Gasteiger partial charge >= 0.3 is 0 Å². The molecule has 2 amide bonds. The lowest BCUT2D eigenvalue weighted by Gasteiger charge is -2.30. The van der Waals surface area contributed by atoms with Gasteiger partial charge in [0, 0.05) is 19.4 Å². The van der Waals surface area contributed by atoms with E-state index < -0.39 is 11.9 Å². The number of benzene rings is 3. The standard InChI is InChI=1S/C27H27N5O2/c1-2-26(33)32(25(27(29)34)15-20-6-5-7-21(14-20)17-31-30)18-19-10-12-22(13-11-19)24-9-4-3-8-23(24)16-28/h3-14,17,25H,2,15,18,30H2,1H3,(H2,29,34)/b31-17-. The Morgan fingerprint density at radius 2 is 1.79 bits per heavy atom. The summed E-state index contributed by atoms with van der Waals surface area (Å²) in [5.74, 6) is 4.51. The second-order valence-electron chi connectivity index (χ2n) is 7.88. The maximum atomic E-state index is 12.8. The number of rotatable bonds is 9. The van der Waals surface area contributed by atoms with Crippen molar-refractivity contribution in [2.24, 2.45) is 16.7 Å². The van der Waals surface area contributed by atoms with Gasteiger partial charge in [0.25, 0.3) is 0 Å². The Labute approximate surface area is 199 Å². The van der Waals surface area contributed by atoms with Crippen LogP contribution in [0.25, 0.3) is 11.1 Å². The number of nitriles is 1. The lowest BCUT2D eigenvalue weighted by atomic mass is 9.98. The van der Waals surface area contributed by atoms with Crippen LogP contribution in [0, 0.1) is 11.3 Å². The van der Waals surface area contributed by atoms with Crippen LogP contribution in [0.2, 0.25) is 0 Å². The van der Waals surface area contributed by atoms with Crippen molar-refractivity contribution in [3.8, 4) is 17.2 Å². The molecule has 0 aliphatic rings. The average molecular weight is 454 g/mol. The first-order valence-corrected chi connectivity index (χ1v) is 11.0. The normalized spacial score (nSPS) is 11.6. The lowest BCUT2D eigenvalue weighted by Crippen LogP contribution is -2.48. The summed E-state index contributed by atoms with van der Waals surface area (Å²) in [5.41, 5.74) is 10.6. The zero-order valence-corrected chi connectivity index (χ0v) is 19.0. The molecule has 34 heavy (non-hydrogen) atoms. The number of carbonyl (C=O) groups is 2. The zero-order valence-electron chi connectivity index (χ0n) is 19.0. The van der Waals surface area contributed by atoms with Crippen molar-refractivity contribution in [2.75, 3.05) is 0 Å². The molecule has 0 aromatic heterocycles. The van der Waals surface area contributed by atoms with Gasteiger partial charge in [-0.3, -0.25) is 9.59 Å². The molecule has 4 N–H and O–H groups in total. The Kier molecular flexibility index (Phi) is 8.14. The van der Waals surface area contributed by atoms with E-state index in [-0.39, 0.29) is 25.3 Å². The largest absolute Gasteiger partial charge is 0.368 e. The van der Waals surface area contributed by atoms with Gasteiger partial charge in [0.1, 0.15) is 6.04 Å². The molecule has 3 aromatic carbocycles. The highest BCUT2D eigenvalue weighted by Crippen LogP contribution is 2.24. The van der Waals surface area contributed by atoms with Gasteiger partial charge in [0.05, 0.1) is 17.8 Å². The second kappa shape index (κ2) is 11.4. The van der Waals surface area contributed by atoms with E-state index in [4.69, 9.17) is 11.6 Å². The average Bonchev–Trinajstić information content (AvgIpc) is 2.86. The van der Waals surface area contributed by atoms with Crippen molar-refractivity contribution in [2.45, 2.75) is 32.4 Å². The molecule has 0 bridgehead atoms. The molecule has 0 fully saturated rings. The molecular weight excluding hydrogens is 426 g/mol. The Balaban J connectivity index is 1.87. The predicted octanol–water partition coefficient (Wildman–Crippen LogP) is 3.35. The van der Waals surface area contributed by atoms with Gasteiger partial charge in [-0.25, -0.2) is 0 Å². The minimum atomic E-state index is -0.809. The molecule has 0 aliphatic carbocycles. The highest BCUT2D eigenvalue weighted by atomic mass is 16.2. The highest BCUT2D eigenvalue weighted by Gasteiger charge is 2.28. The van der Waals surface area contributed by atoms with E-state index in [2.05, 4.69) is 11.2 Å². The molecule has 0 spiro atoms. The number of primary amides is 1. The second-order valence-corrected chi connectivity index (χ2v) is 7.88. The fourth-order valence-electron chi connectivity index (χ4n) is 3.87. The summed E-state index contributed by atoms with van der Waals surface area (Å²) in [4.78, 5) is 26.8. The molecule has 0 saturated heterocycles. The molecule has 0 saturated carbocycles. The van der Waals surface area contributed by atoms with Gasteiger partial charge in [-0.05, 0) is 33.9 Å². The topological polar surface area (TPSA) is 126 Å². The van der Waals surface area contributed by atoms with E-state index >= 15 is 0 Å². The van der Waals surface area contributed by atoms with Gasteiger partial charge in [0.2, 0.25) is 11.8 Å². The van der Waals surface area contributed by atoms with Crippen LogP contribution in [0.5, 0.6) is 0 Å². The first-order chi connectivity index (χ1) is 16.5. The van der Waals surface area contributed by atoms with Crippen LogP contribution in [-0.2, 0) is 22.6 Å². The molecule has 3 aromatic rings. The number of nitrogens with two attached hydrogens (primary N) is 2. The number of carbonyl (C=O) groups excluding carboxylic acids is 2. The predicted molar refractivity (Wildman–Crippen MR) is 132 cm³/mol. The van der Waals surface area contributed by atoms with Crippen LogP contribution in [0.4, 0.5) is 0 Å². The first-order valence-electron chi connectivity index (χ1n) is 11.0. The van der Waals surface area contributed by atoms with Gasteiger partial charge in [-0.15, -0.1) is 0 Å². The fourth-order valence-corrected chi connectivity index (χ4v) is 3.87. The molecule has 1 unspecified atom stereocenters. The highest BCUT2D eigenvalue weighted by molar-refractivity contribution is 5.87. The summed E-state index contributed by atoms with van der Waals surface area (Å²) in [5, 5.41) is 12.9. The smallest absolute Gasteiger partial charge is 0.240 e. The summed E-state index contributed by atoms with van der Waals surface area (Å²) >= 11 is 0. The molecule has 7 nitrogen and oxygen atoms in total. The minimum Gasteiger partial charge on any atom is -0.368 e. The molecule has 1 atom stereocenters. The third kappa shape index (κ3) is 5.87. The summed E-state index contributed by atoms with van der Waals surface area (Å²) in [6.07, 6.45) is 2.04. The monoisotopic (exact) mass is 453 g/mol. The number of hydrazone groups is 1. The fraction of sp³-hybridized carbons (Fsp3) is 0.185. The Morgan fingerprint density at radius 1 is 1.06 bits per heavy atom. The van der Waals surface area contributed by atoms with Crippen LogP contribution in [-0.4, -0.2) is 29.0 Å². The van der Waals surface area contributed by atoms with E-state index in [1.165, 1.54) is 11.1 Å². The minimum absolute atomic E-state index is 0.164. The van der Waals surface area contributed by atoms with Gasteiger partial charge in [0.15, 0.2) is 0 Å². The molecule has 0 radical (unpaired) electrons. The van der Waals surface area contributed by atoms with Crippen molar-refractivity contribution in [3.63, 3.8) is 0 Å². The SMILES string of the molecule is CCC(=O)N(Cc1ccc(-c2ccccc2C#N)cc1)C(Cc1cccc(/C=N\N)c1)C(N)=O. The number of amides is 2. The summed E-state index contributed by atoms with van der Waals surface area (Å²) in [6, 6.07) is 23.8. The molecule has 7 heteroatoms. The van der Waals surface area contributed by atoms with Crippen molar-refractivity contribution < 1.29 is 9.59 Å². The van der Waals surface area contributed by atoms with Crippen LogP contribution in [0.1, 0.15) is 35.6 Å². The Morgan fingerprint density at radius 3 is 2.44 bits per heavy atom. The Hall–Kier alpha value is -4.44. The third-order valence-corrected chi connectivity index (χ3v) is 5.60. The molecule has 0 aliphatic heterocycles. The van der Waals surface area contributed by atoms with Crippen molar-refractivity contribution in [3.05, 3.63) is 95.1 Å². The van der Waals surface area contributed by atoms with E-state index in [9.17, 15) is 14.9 Å². The van der Waals surface area contributed by atoms with E-state index in [1.54, 1.807) is 13.0 Å². The number of nitrogens with zero attached hydrogens (tertiary/aromatic N) is 3. The van der Waals surface area contributed by atoms with E-state index in [1.807, 2.05) is 66.7 Å². The molecule has 3 rings (SSSR count). The maximum absolute atomic E-state index is 12.8. The van der Waals surface area contributed by atoms with E-state index in [0.29, 0.717) is 5.56 Å². The van der Waals surface area contributed by atoms with E-state index in [0.717, 1.165) is 27.8 Å². The summed E-state index contributed by atoms with van der Waals surface area (Å²) in [7, 11) is 0. The van der Waals surface area contributed by atoms with Crippen LogP contribution < -0.4 is 11.6 Å². The quantitative estimate of drug-likeness (QED) is 0.293.